The fourth-order valence-corrected chi connectivity index (χ4v) is 2.60. The van der Waals surface area contributed by atoms with Gasteiger partial charge in [0.1, 0.15) is 0 Å². The summed E-state index contributed by atoms with van der Waals surface area (Å²) in [6.07, 6.45) is 1.77. The summed E-state index contributed by atoms with van der Waals surface area (Å²) in [5.74, 6) is 1.36. The summed E-state index contributed by atoms with van der Waals surface area (Å²) >= 11 is 3.42. The summed E-state index contributed by atoms with van der Waals surface area (Å²) in [6.45, 7) is 0.825. The first-order valence-corrected chi connectivity index (χ1v) is 7.37. The lowest BCUT2D eigenvalue weighted by Crippen LogP contribution is -2.16. The summed E-state index contributed by atoms with van der Waals surface area (Å²) in [5.41, 5.74) is 1.16. The maximum atomic E-state index is 5.35. The number of methoxy groups -OCH3 is 1. The quantitative estimate of drug-likeness (QED) is 0.928. The van der Waals surface area contributed by atoms with E-state index in [0.29, 0.717) is 18.1 Å². The Balaban J connectivity index is 1.66. The van der Waals surface area contributed by atoms with Crippen LogP contribution in [0.4, 0.5) is 0 Å². The minimum absolute atomic E-state index is 0.103. The van der Waals surface area contributed by atoms with Crippen LogP contribution in [0.3, 0.4) is 0 Å². The van der Waals surface area contributed by atoms with Gasteiger partial charge in [0.2, 0.25) is 5.89 Å². The largest absolute Gasteiger partial charge is 0.380 e. The molecule has 1 N–H and O–H groups in total. The second-order valence-corrected chi connectivity index (χ2v) is 5.82. The van der Waals surface area contributed by atoms with E-state index >= 15 is 0 Å². The van der Waals surface area contributed by atoms with Crippen LogP contribution in [0.1, 0.15) is 29.7 Å². The molecule has 0 spiro atoms. The normalized spacial score (nSPS) is 22.3. The lowest BCUT2D eigenvalue weighted by Gasteiger charge is -2.04. The van der Waals surface area contributed by atoms with E-state index in [1.54, 1.807) is 7.11 Å². The van der Waals surface area contributed by atoms with Crippen LogP contribution in [0, 0.1) is 0 Å². The molecule has 0 aliphatic carbocycles. The van der Waals surface area contributed by atoms with E-state index in [1.807, 2.05) is 12.1 Å². The van der Waals surface area contributed by atoms with Crippen LogP contribution in [0.25, 0.3) is 0 Å². The molecule has 1 fully saturated rings. The van der Waals surface area contributed by atoms with Crippen LogP contribution in [0.15, 0.2) is 33.3 Å². The zero-order valence-electron chi connectivity index (χ0n) is 11.2. The number of benzene rings is 1. The van der Waals surface area contributed by atoms with Gasteiger partial charge in [0.05, 0.1) is 12.1 Å². The molecule has 5 nitrogen and oxygen atoms in total. The van der Waals surface area contributed by atoms with E-state index in [2.05, 4.69) is 43.5 Å². The van der Waals surface area contributed by atoms with Gasteiger partial charge in [-0.1, -0.05) is 33.2 Å². The highest BCUT2D eigenvalue weighted by molar-refractivity contribution is 9.10. The van der Waals surface area contributed by atoms with Gasteiger partial charge in [-0.2, -0.15) is 4.98 Å². The number of hydrogen-bond acceptors (Lipinski definition) is 5. The van der Waals surface area contributed by atoms with E-state index in [4.69, 9.17) is 9.26 Å². The molecule has 2 unspecified atom stereocenters. The molecule has 1 saturated heterocycles. The van der Waals surface area contributed by atoms with Crippen molar-refractivity contribution >= 4 is 15.9 Å². The van der Waals surface area contributed by atoms with Crippen molar-refractivity contribution in [1.29, 1.82) is 0 Å². The first kappa shape index (κ1) is 13.7. The van der Waals surface area contributed by atoms with Gasteiger partial charge in [-0.25, -0.2) is 0 Å². The summed E-state index contributed by atoms with van der Waals surface area (Å²) in [4.78, 5) is 4.47. The third-order valence-electron chi connectivity index (χ3n) is 3.48. The molecule has 0 amide bonds. The smallest absolute Gasteiger partial charge is 0.243 e. The van der Waals surface area contributed by atoms with Gasteiger partial charge in [-0.3, -0.25) is 0 Å². The molecule has 1 aromatic heterocycles. The molecule has 3 rings (SSSR count). The Hall–Kier alpha value is -1.24. The number of nitrogens with one attached hydrogen (secondary N) is 1. The van der Waals surface area contributed by atoms with Crippen LogP contribution < -0.4 is 5.32 Å². The Morgan fingerprint density at radius 2 is 2.20 bits per heavy atom. The molecule has 0 bridgehead atoms. The average Bonchev–Trinajstić information content (AvgIpc) is 3.10. The Morgan fingerprint density at radius 1 is 1.40 bits per heavy atom. The number of aromatic nitrogens is 2. The van der Waals surface area contributed by atoms with Crippen LogP contribution in [-0.4, -0.2) is 29.9 Å². The molecule has 1 aromatic carbocycles. The summed E-state index contributed by atoms with van der Waals surface area (Å²) in [7, 11) is 1.72. The topological polar surface area (TPSA) is 60.2 Å². The fraction of sp³-hybridized carbons (Fsp3) is 0.429. The van der Waals surface area contributed by atoms with Crippen molar-refractivity contribution in [2.45, 2.75) is 25.0 Å². The zero-order chi connectivity index (χ0) is 13.9. The fourth-order valence-electron chi connectivity index (χ4n) is 2.34. The highest BCUT2D eigenvalue weighted by Gasteiger charge is 2.29. The SMILES string of the molecule is COC1CNC(c2nc(Cc3ccc(Br)cc3)no2)C1. The monoisotopic (exact) mass is 337 g/mol. The van der Waals surface area contributed by atoms with Gasteiger partial charge in [-0.05, 0) is 24.1 Å². The van der Waals surface area contributed by atoms with Crippen LogP contribution in [0.2, 0.25) is 0 Å². The lowest BCUT2D eigenvalue weighted by molar-refractivity contribution is 0.116. The summed E-state index contributed by atoms with van der Waals surface area (Å²) < 4.78 is 11.7. The van der Waals surface area contributed by atoms with E-state index in [1.165, 1.54) is 0 Å². The van der Waals surface area contributed by atoms with Gasteiger partial charge in [0, 0.05) is 24.5 Å². The summed E-state index contributed by atoms with van der Waals surface area (Å²) in [5, 5.41) is 7.38. The molecular weight excluding hydrogens is 322 g/mol. The minimum atomic E-state index is 0.103. The molecule has 2 aromatic rings. The van der Waals surface area contributed by atoms with E-state index in [0.717, 1.165) is 23.0 Å². The second kappa shape index (κ2) is 6.03. The molecule has 2 heterocycles. The third-order valence-corrected chi connectivity index (χ3v) is 4.01. The molecule has 20 heavy (non-hydrogen) atoms. The van der Waals surface area contributed by atoms with Gasteiger partial charge < -0.3 is 14.6 Å². The number of ether oxygens (including phenoxy) is 1. The number of halogens is 1. The maximum absolute atomic E-state index is 5.35. The van der Waals surface area contributed by atoms with Crippen molar-refractivity contribution < 1.29 is 9.26 Å². The highest BCUT2D eigenvalue weighted by atomic mass is 79.9. The van der Waals surface area contributed by atoms with Crippen molar-refractivity contribution in [2.75, 3.05) is 13.7 Å². The molecule has 6 heteroatoms. The van der Waals surface area contributed by atoms with Crippen molar-refractivity contribution in [3.8, 4) is 0 Å². The number of hydrogen-bond donors (Lipinski definition) is 1. The highest BCUT2D eigenvalue weighted by Crippen LogP contribution is 2.23. The minimum Gasteiger partial charge on any atom is -0.380 e. The average molecular weight is 338 g/mol. The van der Waals surface area contributed by atoms with Crippen LogP contribution in [0.5, 0.6) is 0 Å². The Bertz CT molecular complexity index is 570. The molecule has 106 valence electrons. The first-order valence-electron chi connectivity index (χ1n) is 6.57. The number of nitrogens with zero attached hydrogens (tertiary/aromatic N) is 2. The Morgan fingerprint density at radius 3 is 2.90 bits per heavy atom. The predicted octanol–water partition coefficient (Wildman–Crippen LogP) is 2.47. The van der Waals surface area contributed by atoms with Crippen molar-refractivity contribution in [3.05, 3.63) is 46.0 Å². The molecule has 1 aliphatic heterocycles. The molecule has 0 radical (unpaired) electrons. The van der Waals surface area contributed by atoms with Gasteiger partial charge in [0.15, 0.2) is 5.82 Å². The van der Waals surface area contributed by atoms with Crippen molar-refractivity contribution in [3.63, 3.8) is 0 Å². The Labute approximate surface area is 125 Å². The Kier molecular flexibility index (Phi) is 4.14. The molecule has 2 atom stereocenters. The molecular formula is C14H16BrN3O2. The van der Waals surface area contributed by atoms with E-state index in [-0.39, 0.29) is 12.1 Å². The van der Waals surface area contributed by atoms with Crippen molar-refractivity contribution in [2.24, 2.45) is 0 Å². The van der Waals surface area contributed by atoms with Gasteiger partial charge in [0.25, 0.3) is 0 Å². The first-order chi connectivity index (χ1) is 9.74. The van der Waals surface area contributed by atoms with Gasteiger partial charge >= 0.3 is 0 Å². The molecule has 0 saturated carbocycles. The lowest BCUT2D eigenvalue weighted by atomic mass is 10.1. The van der Waals surface area contributed by atoms with E-state index < -0.39 is 0 Å². The third kappa shape index (κ3) is 3.08. The van der Waals surface area contributed by atoms with Crippen LogP contribution in [-0.2, 0) is 11.2 Å². The van der Waals surface area contributed by atoms with Gasteiger partial charge in [-0.15, -0.1) is 0 Å². The van der Waals surface area contributed by atoms with E-state index in [9.17, 15) is 0 Å². The summed E-state index contributed by atoms with van der Waals surface area (Å²) in [6, 6.07) is 8.23. The second-order valence-electron chi connectivity index (χ2n) is 4.91. The van der Waals surface area contributed by atoms with Crippen molar-refractivity contribution in [1.82, 2.24) is 15.5 Å². The van der Waals surface area contributed by atoms with Crippen LogP contribution >= 0.6 is 15.9 Å². The molecule has 1 aliphatic rings. The standard InChI is InChI=1S/C14H16BrN3O2/c1-19-11-7-12(16-8-11)14-17-13(18-20-14)6-9-2-4-10(15)5-3-9/h2-5,11-12,16H,6-8H2,1H3. The zero-order valence-corrected chi connectivity index (χ0v) is 12.8. The number of rotatable bonds is 4. The predicted molar refractivity (Wildman–Crippen MR) is 77.4 cm³/mol. The maximum Gasteiger partial charge on any atom is 0.243 e.